The summed E-state index contributed by atoms with van der Waals surface area (Å²) in [6, 6.07) is 0.483. The highest BCUT2D eigenvalue weighted by Gasteiger charge is 2.39. The second-order valence-corrected chi connectivity index (χ2v) is 10.5. The van der Waals surface area contributed by atoms with Gasteiger partial charge in [0.1, 0.15) is 5.82 Å². The Morgan fingerprint density at radius 3 is 2.33 bits per heavy atom. The molecule has 30 heavy (non-hydrogen) atoms. The van der Waals surface area contributed by atoms with Crippen LogP contribution < -0.4 is 4.90 Å². The maximum Gasteiger partial charge on any atom is 0.417 e. The van der Waals surface area contributed by atoms with Gasteiger partial charge in [-0.1, -0.05) is 11.6 Å². The highest BCUT2D eigenvalue weighted by molar-refractivity contribution is 7.91. The van der Waals surface area contributed by atoms with Gasteiger partial charge in [0, 0.05) is 39.3 Å². The molecule has 2 fully saturated rings. The van der Waals surface area contributed by atoms with Crippen molar-refractivity contribution in [2.24, 2.45) is 5.92 Å². The molecule has 0 saturated carbocycles. The number of amides is 1. The van der Waals surface area contributed by atoms with Crippen LogP contribution in [-0.4, -0.2) is 74.1 Å². The van der Waals surface area contributed by atoms with E-state index >= 15 is 0 Å². The van der Waals surface area contributed by atoms with Gasteiger partial charge in [-0.05, 0) is 25.3 Å². The van der Waals surface area contributed by atoms with E-state index in [1.54, 1.807) is 24.0 Å². The summed E-state index contributed by atoms with van der Waals surface area (Å²) in [7, 11) is 0.291. The molecule has 0 aromatic carbocycles. The summed E-state index contributed by atoms with van der Waals surface area (Å²) in [5.41, 5.74) is -0.908. The molecule has 168 valence electrons. The zero-order chi connectivity index (χ0) is 22.3. The van der Waals surface area contributed by atoms with Crippen molar-refractivity contribution < 1.29 is 26.4 Å². The number of carbonyl (C=O) groups excluding carboxylic acids is 1. The van der Waals surface area contributed by atoms with Crippen LogP contribution in [0, 0.1) is 5.92 Å². The lowest BCUT2D eigenvalue weighted by Crippen LogP contribution is -2.53. The number of hydrogen-bond donors (Lipinski definition) is 0. The SMILES string of the molecule is CN(C)N(C(=O)C1CCN(c2ncc(C(F)(F)F)cc2Cl)CC1)C1CCS(=O)(=O)C1. The number of hydrazine groups is 1. The number of piperidine rings is 1. The fraction of sp³-hybridized carbons (Fsp3) is 0.667. The molecule has 2 aliphatic rings. The number of carbonyl (C=O) groups is 1. The smallest absolute Gasteiger partial charge is 0.355 e. The standard InChI is InChI=1S/C18H24ClF3N4O3S/c1-24(2)26(14-5-8-30(28,29)11-14)17(27)12-3-6-25(7-4-12)16-15(19)9-13(10-23-16)18(20,21)22/h9-10,12,14H,3-8,11H2,1-2H3. The molecule has 0 aliphatic carbocycles. The molecule has 1 aromatic heterocycles. The molecule has 3 heterocycles. The molecule has 1 atom stereocenters. The number of nitrogens with zero attached hydrogens (tertiary/aromatic N) is 4. The molecule has 12 heteroatoms. The quantitative estimate of drug-likeness (QED) is 0.632. The van der Waals surface area contributed by atoms with Crippen molar-refractivity contribution >= 4 is 33.2 Å². The Hall–Kier alpha value is -1.59. The van der Waals surface area contributed by atoms with Crippen LogP contribution in [0.3, 0.4) is 0 Å². The van der Waals surface area contributed by atoms with Gasteiger partial charge in [-0.25, -0.2) is 18.4 Å². The summed E-state index contributed by atoms with van der Waals surface area (Å²) in [5, 5.41) is 3.09. The van der Waals surface area contributed by atoms with E-state index in [2.05, 4.69) is 4.98 Å². The van der Waals surface area contributed by atoms with Gasteiger partial charge in [-0.15, -0.1) is 0 Å². The van der Waals surface area contributed by atoms with Crippen LogP contribution in [-0.2, 0) is 20.8 Å². The molecule has 2 aliphatic heterocycles. The van der Waals surface area contributed by atoms with Crippen LogP contribution in [0.5, 0.6) is 0 Å². The Labute approximate surface area is 178 Å². The van der Waals surface area contributed by atoms with E-state index in [1.165, 1.54) is 5.01 Å². The Bertz CT molecular complexity index is 902. The lowest BCUT2D eigenvalue weighted by Gasteiger charge is -2.39. The molecule has 1 aromatic rings. The van der Waals surface area contributed by atoms with E-state index < -0.39 is 21.6 Å². The van der Waals surface area contributed by atoms with E-state index in [0.29, 0.717) is 32.4 Å². The molecule has 0 N–H and O–H groups in total. The van der Waals surface area contributed by atoms with Crippen molar-refractivity contribution in [3.05, 3.63) is 22.8 Å². The zero-order valence-electron chi connectivity index (χ0n) is 16.7. The summed E-state index contributed by atoms with van der Waals surface area (Å²) in [5.74, 6) is -0.137. The maximum atomic E-state index is 13.1. The lowest BCUT2D eigenvalue weighted by atomic mass is 9.95. The number of aromatic nitrogens is 1. The number of hydrogen-bond acceptors (Lipinski definition) is 6. The second-order valence-electron chi connectivity index (χ2n) is 7.88. The van der Waals surface area contributed by atoms with Crippen molar-refractivity contribution in [3.8, 4) is 0 Å². The Kier molecular flexibility index (Phi) is 6.54. The first-order chi connectivity index (χ1) is 13.9. The minimum atomic E-state index is -4.52. The number of sulfone groups is 1. The van der Waals surface area contributed by atoms with E-state index in [4.69, 9.17) is 11.6 Å². The third-order valence-electron chi connectivity index (χ3n) is 5.50. The second kappa shape index (κ2) is 8.51. The maximum absolute atomic E-state index is 13.1. The molecule has 1 amide bonds. The van der Waals surface area contributed by atoms with Crippen molar-refractivity contribution in [2.45, 2.75) is 31.5 Å². The molecular weight excluding hydrogens is 445 g/mol. The van der Waals surface area contributed by atoms with Gasteiger partial charge in [0.25, 0.3) is 0 Å². The first-order valence-corrected chi connectivity index (χ1v) is 11.8. The van der Waals surface area contributed by atoms with Crippen molar-refractivity contribution in [1.29, 1.82) is 0 Å². The van der Waals surface area contributed by atoms with Gasteiger partial charge in [-0.2, -0.15) is 13.2 Å². The lowest BCUT2D eigenvalue weighted by molar-refractivity contribution is -0.154. The Morgan fingerprint density at radius 1 is 1.23 bits per heavy atom. The number of halogens is 4. The fourth-order valence-corrected chi connectivity index (χ4v) is 5.99. The highest BCUT2D eigenvalue weighted by atomic mass is 35.5. The van der Waals surface area contributed by atoms with Gasteiger partial charge >= 0.3 is 6.18 Å². The van der Waals surface area contributed by atoms with Gasteiger partial charge in [0.05, 0.1) is 28.1 Å². The number of alkyl halides is 3. The predicted octanol–water partition coefficient (Wildman–Crippen LogP) is 2.46. The molecule has 0 spiro atoms. The van der Waals surface area contributed by atoms with Crippen LogP contribution in [0.2, 0.25) is 5.02 Å². The van der Waals surface area contributed by atoms with E-state index in [-0.39, 0.29) is 40.2 Å². The van der Waals surface area contributed by atoms with Crippen LogP contribution >= 0.6 is 11.6 Å². The monoisotopic (exact) mass is 468 g/mol. The summed E-state index contributed by atoms with van der Waals surface area (Å²) in [4.78, 5) is 18.8. The molecule has 3 rings (SSSR count). The third kappa shape index (κ3) is 5.00. The van der Waals surface area contributed by atoms with Crippen molar-refractivity contribution in [2.75, 3.05) is 43.6 Å². The summed E-state index contributed by atoms with van der Waals surface area (Å²) in [6.07, 6.45) is -2.40. The minimum Gasteiger partial charge on any atom is -0.355 e. The third-order valence-corrected chi connectivity index (χ3v) is 7.53. The Morgan fingerprint density at radius 2 is 1.87 bits per heavy atom. The highest BCUT2D eigenvalue weighted by Crippen LogP contribution is 2.35. The van der Waals surface area contributed by atoms with Gasteiger partial charge in [0.15, 0.2) is 9.84 Å². The van der Waals surface area contributed by atoms with Gasteiger partial charge in [0.2, 0.25) is 5.91 Å². The molecule has 0 bridgehead atoms. The van der Waals surface area contributed by atoms with Gasteiger partial charge in [-0.3, -0.25) is 9.80 Å². The Balaban J connectivity index is 1.66. The molecule has 0 radical (unpaired) electrons. The average Bonchev–Trinajstić information content (AvgIpc) is 3.00. The number of pyridine rings is 1. The van der Waals surface area contributed by atoms with E-state index in [9.17, 15) is 26.4 Å². The summed E-state index contributed by atoms with van der Waals surface area (Å²) in [6.45, 7) is 0.831. The normalized spacial score (nSPS) is 22.5. The fourth-order valence-electron chi connectivity index (χ4n) is 4.02. The molecular formula is C18H24ClF3N4O3S. The van der Waals surface area contributed by atoms with E-state index in [0.717, 1.165) is 12.3 Å². The first-order valence-electron chi connectivity index (χ1n) is 9.57. The predicted molar refractivity (Wildman–Crippen MR) is 107 cm³/mol. The molecule has 1 unspecified atom stereocenters. The summed E-state index contributed by atoms with van der Waals surface area (Å²) < 4.78 is 62.1. The van der Waals surface area contributed by atoms with Gasteiger partial charge < -0.3 is 4.90 Å². The number of rotatable bonds is 4. The van der Waals surface area contributed by atoms with Crippen LogP contribution in [0.25, 0.3) is 0 Å². The van der Waals surface area contributed by atoms with Crippen LogP contribution in [0.15, 0.2) is 12.3 Å². The van der Waals surface area contributed by atoms with Crippen LogP contribution in [0.1, 0.15) is 24.8 Å². The average molecular weight is 469 g/mol. The van der Waals surface area contributed by atoms with Crippen molar-refractivity contribution in [1.82, 2.24) is 15.0 Å². The van der Waals surface area contributed by atoms with E-state index in [1.807, 2.05) is 0 Å². The largest absolute Gasteiger partial charge is 0.417 e. The summed E-state index contributed by atoms with van der Waals surface area (Å²) >= 11 is 6.03. The minimum absolute atomic E-state index is 0.0408. The first kappa shape index (κ1) is 23.1. The van der Waals surface area contributed by atoms with Crippen molar-refractivity contribution in [3.63, 3.8) is 0 Å². The molecule has 7 nitrogen and oxygen atoms in total. The van der Waals surface area contributed by atoms with Crippen LogP contribution in [0.4, 0.5) is 19.0 Å². The topological polar surface area (TPSA) is 73.8 Å². The zero-order valence-corrected chi connectivity index (χ0v) is 18.3. The number of anilines is 1. The molecule has 2 saturated heterocycles.